The lowest BCUT2D eigenvalue weighted by molar-refractivity contribution is -0.166. The van der Waals surface area contributed by atoms with E-state index in [1.54, 1.807) is 32.1 Å². The van der Waals surface area contributed by atoms with Crippen LogP contribution in [-0.4, -0.2) is 42.5 Å². The van der Waals surface area contributed by atoms with Gasteiger partial charge in [0.05, 0.1) is 5.92 Å². The molecule has 1 saturated heterocycles. The van der Waals surface area contributed by atoms with Crippen LogP contribution in [0, 0.1) is 5.92 Å². The van der Waals surface area contributed by atoms with Gasteiger partial charge in [-0.05, 0) is 39.7 Å². The van der Waals surface area contributed by atoms with Crippen LogP contribution in [0.3, 0.4) is 0 Å². The van der Waals surface area contributed by atoms with Gasteiger partial charge in [-0.2, -0.15) is 0 Å². The minimum Gasteiger partial charge on any atom is -0.454 e. The van der Waals surface area contributed by atoms with Gasteiger partial charge in [0, 0.05) is 23.6 Å². The number of allylic oxidation sites excluding steroid dienone is 3. The number of aldehydes is 1. The van der Waals surface area contributed by atoms with Crippen molar-refractivity contribution in [1.82, 2.24) is 0 Å². The SMILES string of the molecule is C=C1C(=O)O[C@@H]2/C=C(/C)CC/C=C(/C=O)[C@H](OC(C)=O)[C@@H](OC(=O)/C(C)=C\C)[C@@H]12. The molecule has 4 atom stereocenters. The molecule has 0 saturated carbocycles. The fourth-order valence-electron chi connectivity index (χ4n) is 3.35. The van der Waals surface area contributed by atoms with E-state index in [2.05, 4.69) is 6.58 Å². The average molecular weight is 402 g/mol. The topological polar surface area (TPSA) is 96.0 Å². The first-order chi connectivity index (χ1) is 13.7. The zero-order valence-corrected chi connectivity index (χ0v) is 17.1. The molecular weight excluding hydrogens is 376 g/mol. The highest BCUT2D eigenvalue weighted by molar-refractivity contribution is 5.92. The first-order valence-electron chi connectivity index (χ1n) is 9.43. The average Bonchev–Trinajstić information content (AvgIpc) is 2.93. The third kappa shape index (κ3) is 5.10. The Kier molecular flexibility index (Phi) is 7.31. The highest BCUT2D eigenvalue weighted by Crippen LogP contribution is 2.37. The lowest BCUT2D eigenvalue weighted by Gasteiger charge is -2.33. The summed E-state index contributed by atoms with van der Waals surface area (Å²) in [7, 11) is 0. The molecule has 2 aliphatic rings. The third-order valence-electron chi connectivity index (χ3n) is 5.04. The summed E-state index contributed by atoms with van der Waals surface area (Å²) in [6.07, 6.45) is 3.63. The Hall–Kier alpha value is -2.96. The van der Waals surface area contributed by atoms with Crippen molar-refractivity contribution >= 4 is 24.2 Å². The number of ether oxygens (including phenoxy) is 3. The van der Waals surface area contributed by atoms with E-state index in [1.165, 1.54) is 6.92 Å². The number of fused-ring (bicyclic) bond motifs is 1. The number of hydrogen-bond acceptors (Lipinski definition) is 7. The summed E-state index contributed by atoms with van der Waals surface area (Å²) >= 11 is 0. The molecule has 0 aromatic carbocycles. The lowest BCUT2D eigenvalue weighted by atomic mass is 9.83. The summed E-state index contributed by atoms with van der Waals surface area (Å²) < 4.78 is 16.5. The molecule has 0 bridgehead atoms. The first kappa shape index (κ1) is 22.3. The van der Waals surface area contributed by atoms with E-state index in [0.717, 1.165) is 5.57 Å². The maximum Gasteiger partial charge on any atom is 0.334 e. The minimum absolute atomic E-state index is 0.0953. The van der Waals surface area contributed by atoms with Gasteiger partial charge in [-0.15, -0.1) is 0 Å². The van der Waals surface area contributed by atoms with Crippen LogP contribution in [0.4, 0.5) is 0 Å². The van der Waals surface area contributed by atoms with Crippen LogP contribution in [-0.2, 0) is 33.4 Å². The van der Waals surface area contributed by atoms with Gasteiger partial charge < -0.3 is 14.2 Å². The van der Waals surface area contributed by atoms with E-state index in [0.29, 0.717) is 24.7 Å². The van der Waals surface area contributed by atoms with Gasteiger partial charge in [0.2, 0.25) is 0 Å². The molecule has 0 aromatic rings. The molecule has 156 valence electrons. The zero-order valence-electron chi connectivity index (χ0n) is 17.1. The fraction of sp³-hybridized carbons (Fsp3) is 0.455. The Labute approximate surface area is 170 Å². The van der Waals surface area contributed by atoms with Crippen LogP contribution in [0.25, 0.3) is 0 Å². The maximum atomic E-state index is 12.6. The quantitative estimate of drug-likeness (QED) is 0.235. The van der Waals surface area contributed by atoms with Gasteiger partial charge in [0.15, 0.2) is 12.2 Å². The Bertz CT molecular complexity index is 815. The normalized spacial score (nSPS) is 31.4. The van der Waals surface area contributed by atoms with Crippen LogP contribution in [0.5, 0.6) is 0 Å². The molecule has 0 N–H and O–H groups in total. The molecule has 7 nitrogen and oxygen atoms in total. The highest BCUT2D eigenvalue weighted by atomic mass is 16.6. The smallest absolute Gasteiger partial charge is 0.334 e. The molecule has 0 radical (unpaired) electrons. The Balaban J connectivity index is 2.64. The Morgan fingerprint density at radius 2 is 1.97 bits per heavy atom. The van der Waals surface area contributed by atoms with Gasteiger partial charge in [-0.1, -0.05) is 24.3 Å². The standard InChI is InChI=1S/C22H26O7/c1-6-13(3)21(25)29-20-18-14(4)22(26)28-17(18)10-12(2)8-7-9-16(11-23)19(20)27-15(5)24/h6,9-11,17-20H,4,7-8H2,1-3,5H3/b12-10-,13-6-,16-9-/t17-,18+,19+,20+/m1/s1. The highest BCUT2D eigenvalue weighted by Gasteiger charge is 2.49. The number of rotatable bonds is 4. The summed E-state index contributed by atoms with van der Waals surface area (Å²) in [5, 5.41) is 0. The molecule has 2 rings (SSSR count). The van der Waals surface area contributed by atoms with E-state index < -0.39 is 42.1 Å². The van der Waals surface area contributed by atoms with E-state index in [1.807, 2.05) is 6.92 Å². The Morgan fingerprint density at radius 1 is 1.28 bits per heavy atom. The van der Waals surface area contributed by atoms with Crippen LogP contribution in [0.15, 0.2) is 47.1 Å². The largest absolute Gasteiger partial charge is 0.454 e. The van der Waals surface area contributed by atoms with Crippen LogP contribution >= 0.6 is 0 Å². The minimum atomic E-state index is -1.19. The number of carbonyl (C=O) groups is 4. The molecule has 0 aromatic heterocycles. The summed E-state index contributed by atoms with van der Waals surface area (Å²) in [5.41, 5.74) is 1.54. The third-order valence-corrected chi connectivity index (χ3v) is 5.04. The van der Waals surface area contributed by atoms with Crippen molar-refractivity contribution in [3.8, 4) is 0 Å². The zero-order chi connectivity index (χ0) is 21.7. The van der Waals surface area contributed by atoms with E-state index >= 15 is 0 Å². The monoisotopic (exact) mass is 402 g/mol. The first-order valence-corrected chi connectivity index (χ1v) is 9.43. The second kappa shape index (κ2) is 9.49. The van der Waals surface area contributed by atoms with E-state index in [9.17, 15) is 19.2 Å². The van der Waals surface area contributed by atoms with Gasteiger partial charge >= 0.3 is 17.9 Å². The van der Waals surface area contributed by atoms with Crippen LogP contribution in [0.2, 0.25) is 0 Å². The van der Waals surface area contributed by atoms with Gasteiger partial charge in [0.25, 0.3) is 0 Å². The molecule has 0 unspecified atom stereocenters. The fourth-order valence-corrected chi connectivity index (χ4v) is 3.35. The predicted molar refractivity (Wildman–Crippen MR) is 105 cm³/mol. The summed E-state index contributed by atoms with van der Waals surface area (Å²) in [6.45, 7) is 10.1. The molecular formula is C22H26O7. The van der Waals surface area contributed by atoms with Crippen molar-refractivity contribution in [1.29, 1.82) is 0 Å². The molecule has 0 spiro atoms. The molecule has 1 aliphatic heterocycles. The van der Waals surface area contributed by atoms with Crippen molar-refractivity contribution in [3.63, 3.8) is 0 Å². The molecule has 1 aliphatic carbocycles. The van der Waals surface area contributed by atoms with E-state index in [-0.39, 0.29) is 11.1 Å². The summed E-state index contributed by atoms with van der Waals surface area (Å²) in [5.74, 6) is -2.73. The summed E-state index contributed by atoms with van der Waals surface area (Å²) in [6, 6.07) is 0. The van der Waals surface area contributed by atoms with Crippen molar-refractivity contribution in [2.75, 3.05) is 0 Å². The van der Waals surface area contributed by atoms with Crippen LogP contribution in [0.1, 0.15) is 40.5 Å². The molecule has 0 amide bonds. The lowest BCUT2D eigenvalue weighted by Crippen LogP contribution is -2.45. The maximum absolute atomic E-state index is 12.6. The van der Waals surface area contributed by atoms with Gasteiger partial charge in [-0.25, -0.2) is 9.59 Å². The van der Waals surface area contributed by atoms with Crippen molar-refractivity contribution < 1.29 is 33.4 Å². The van der Waals surface area contributed by atoms with E-state index in [4.69, 9.17) is 14.2 Å². The second-order valence-corrected chi connectivity index (χ2v) is 7.17. The predicted octanol–water partition coefficient (Wildman–Crippen LogP) is 2.76. The second-order valence-electron chi connectivity index (χ2n) is 7.17. The van der Waals surface area contributed by atoms with Crippen LogP contribution < -0.4 is 0 Å². The number of esters is 3. The van der Waals surface area contributed by atoms with Crippen molar-refractivity contribution in [2.24, 2.45) is 5.92 Å². The molecule has 1 fully saturated rings. The van der Waals surface area contributed by atoms with Crippen molar-refractivity contribution in [2.45, 2.75) is 58.8 Å². The summed E-state index contributed by atoms with van der Waals surface area (Å²) in [4.78, 5) is 48.4. The van der Waals surface area contributed by atoms with Crippen molar-refractivity contribution in [3.05, 3.63) is 47.1 Å². The molecule has 29 heavy (non-hydrogen) atoms. The van der Waals surface area contributed by atoms with Gasteiger partial charge in [-0.3, -0.25) is 9.59 Å². The Morgan fingerprint density at radius 3 is 2.55 bits per heavy atom. The number of carbonyl (C=O) groups excluding carboxylic acids is 4. The molecule has 1 heterocycles. The number of hydrogen-bond donors (Lipinski definition) is 0. The molecule has 7 heteroatoms. The van der Waals surface area contributed by atoms with Gasteiger partial charge in [0.1, 0.15) is 12.4 Å².